The van der Waals surface area contributed by atoms with Gasteiger partial charge in [0, 0.05) is 18.6 Å². The Balaban J connectivity index is 2.41. The Bertz CT molecular complexity index is 429. The second-order valence-corrected chi connectivity index (χ2v) is 5.05. The zero-order chi connectivity index (χ0) is 14.8. The Hall–Kier alpha value is -1.34. The molecule has 20 heavy (non-hydrogen) atoms. The van der Waals surface area contributed by atoms with Crippen LogP contribution in [0.4, 0.5) is 5.82 Å². The fourth-order valence-corrected chi connectivity index (χ4v) is 2.03. The number of nitrogens with zero attached hydrogens (tertiary/aromatic N) is 2. The van der Waals surface area contributed by atoms with E-state index in [4.69, 9.17) is 15.2 Å². The molecule has 0 atom stereocenters. The molecule has 0 fully saturated rings. The minimum atomic E-state index is -0.496. The van der Waals surface area contributed by atoms with Crippen LogP contribution in [0.25, 0.3) is 0 Å². The largest absolute Gasteiger partial charge is 0.462 e. The lowest BCUT2D eigenvalue weighted by Gasteiger charge is -2.06. The van der Waals surface area contributed by atoms with Crippen LogP contribution in [0.5, 0.6) is 0 Å². The van der Waals surface area contributed by atoms with Crippen LogP contribution in [0, 0.1) is 0 Å². The van der Waals surface area contributed by atoms with Crippen molar-refractivity contribution >= 4 is 23.5 Å². The molecule has 0 radical (unpaired) electrons. The molecule has 1 heterocycles. The van der Waals surface area contributed by atoms with Crippen molar-refractivity contribution in [3.8, 4) is 0 Å². The van der Waals surface area contributed by atoms with Gasteiger partial charge >= 0.3 is 5.97 Å². The smallest absolute Gasteiger partial charge is 0.343 e. The number of carbonyl (C=O) groups excluding carboxylic acids is 1. The van der Waals surface area contributed by atoms with Crippen LogP contribution in [0.2, 0.25) is 0 Å². The number of carbonyl (C=O) groups is 1. The number of esters is 1. The first-order chi connectivity index (χ1) is 9.69. The molecule has 0 aliphatic heterocycles. The number of ether oxygens (including phenoxy) is 2. The van der Waals surface area contributed by atoms with Gasteiger partial charge in [0.1, 0.15) is 11.4 Å². The molecule has 0 bridgehead atoms. The highest BCUT2D eigenvalue weighted by molar-refractivity contribution is 7.99. The van der Waals surface area contributed by atoms with E-state index in [0.717, 1.165) is 25.2 Å². The minimum absolute atomic E-state index is 0.146. The van der Waals surface area contributed by atoms with Gasteiger partial charge in [-0.1, -0.05) is 25.1 Å². The summed E-state index contributed by atoms with van der Waals surface area (Å²) in [6.07, 6.45) is 3.60. The predicted molar refractivity (Wildman–Crippen MR) is 78.9 cm³/mol. The van der Waals surface area contributed by atoms with Gasteiger partial charge in [0.05, 0.1) is 13.2 Å². The molecule has 0 aliphatic carbocycles. The summed E-state index contributed by atoms with van der Waals surface area (Å²) in [5.41, 5.74) is 5.93. The predicted octanol–water partition coefficient (Wildman–Crippen LogP) is 2.14. The van der Waals surface area contributed by atoms with Gasteiger partial charge in [-0.25, -0.2) is 14.8 Å². The van der Waals surface area contributed by atoms with Crippen LogP contribution in [-0.2, 0) is 9.47 Å². The summed E-state index contributed by atoms with van der Waals surface area (Å²) in [6, 6.07) is 0. The molecule has 1 aromatic rings. The van der Waals surface area contributed by atoms with Crippen LogP contribution in [0.15, 0.2) is 11.4 Å². The van der Waals surface area contributed by atoms with Gasteiger partial charge in [-0.15, -0.1) is 0 Å². The molecule has 1 aromatic heterocycles. The first-order valence-corrected chi connectivity index (χ1v) is 7.67. The van der Waals surface area contributed by atoms with Crippen LogP contribution >= 0.6 is 11.8 Å². The van der Waals surface area contributed by atoms with Gasteiger partial charge < -0.3 is 15.2 Å². The van der Waals surface area contributed by atoms with Crippen LogP contribution in [0.3, 0.4) is 0 Å². The number of nitrogens with two attached hydrogens (primary N) is 1. The zero-order valence-electron chi connectivity index (χ0n) is 11.9. The van der Waals surface area contributed by atoms with E-state index in [2.05, 4.69) is 16.9 Å². The first-order valence-electron chi connectivity index (χ1n) is 6.69. The van der Waals surface area contributed by atoms with E-state index in [1.54, 1.807) is 6.92 Å². The molecular weight excluding hydrogens is 278 g/mol. The van der Waals surface area contributed by atoms with Gasteiger partial charge in [-0.3, -0.25) is 0 Å². The average molecular weight is 299 g/mol. The topological polar surface area (TPSA) is 87.3 Å². The van der Waals surface area contributed by atoms with Crippen molar-refractivity contribution in [2.45, 2.75) is 31.8 Å². The van der Waals surface area contributed by atoms with Crippen molar-refractivity contribution in [2.24, 2.45) is 0 Å². The molecule has 112 valence electrons. The summed E-state index contributed by atoms with van der Waals surface area (Å²) in [4.78, 5) is 19.7. The van der Waals surface area contributed by atoms with Gasteiger partial charge in [0.2, 0.25) is 0 Å². The highest BCUT2D eigenvalue weighted by Crippen LogP contribution is 2.16. The molecule has 0 amide bonds. The molecular formula is C13H21N3O3S. The summed E-state index contributed by atoms with van der Waals surface area (Å²) in [5, 5.41) is 0.537. The van der Waals surface area contributed by atoms with Crippen molar-refractivity contribution in [2.75, 3.05) is 31.3 Å². The normalized spacial score (nSPS) is 10.5. The van der Waals surface area contributed by atoms with Crippen LogP contribution < -0.4 is 5.73 Å². The Morgan fingerprint density at radius 1 is 1.40 bits per heavy atom. The second kappa shape index (κ2) is 9.55. The number of rotatable bonds is 9. The molecule has 0 spiro atoms. The molecule has 0 aliphatic rings. The number of thioether (sulfide) groups is 1. The SMILES string of the molecule is CCCCOCCSc1ncc(C(=O)OCC)c(N)n1. The van der Waals surface area contributed by atoms with Crippen LogP contribution in [0.1, 0.15) is 37.0 Å². The fraction of sp³-hybridized carbons (Fsp3) is 0.615. The third kappa shape index (κ3) is 5.75. The maximum Gasteiger partial charge on any atom is 0.343 e. The van der Waals surface area contributed by atoms with Gasteiger partial charge in [0.25, 0.3) is 0 Å². The maximum atomic E-state index is 11.5. The molecule has 0 saturated heterocycles. The van der Waals surface area contributed by atoms with E-state index in [9.17, 15) is 4.79 Å². The second-order valence-electron chi connectivity index (χ2n) is 3.99. The average Bonchev–Trinajstić information content (AvgIpc) is 2.43. The van der Waals surface area contributed by atoms with Crippen molar-refractivity contribution in [1.82, 2.24) is 9.97 Å². The fourth-order valence-electron chi connectivity index (χ4n) is 1.35. The van der Waals surface area contributed by atoms with Gasteiger partial charge in [-0.05, 0) is 13.3 Å². The Kier molecular flexibility index (Phi) is 7.98. The molecule has 1 rings (SSSR count). The van der Waals surface area contributed by atoms with Gasteiger partial charge in [0.15, 0.2) is 5.16 Å². The summed E-state index contributed by atoms with van der Waals surface area (Å²) < 4.78 is 10.3. The molecule has 0 unspecified atom stereocenters. The zero-order valence-corrected chi connectivity index (χ0v) is 12.7. The third-order valence-corrected chi connectivity index (χ3v) is 3.22. The Morgan fingerprint density at radius 3 is 2.85 bits per heavy atom. The van der Waals surface area contributed by atoms with E-state index in [0.29, 0.717) is 18.4 Å². The Morgan fingerprint density at radius 2 is 2.20 bits per heavy atom. The quantitative estimate of drug-likeness (QED) is 0.323. The number of hydrogen-bond donors (Lipinski definition) is 1. The summed E-state index contributed by atoms with van der Waals surface area (Å²) in [7, 11) is 0. The Labute approximate surface area is 123 Å². The van der Waals surface area contributed by atoms with Crippen molar-refractivity contribution in [1.29, 1.82) is 0 Å². The third-order valence-electron chi connectivity index (χ3n) is 2.39. The number of aromatic nitrogens is 2. The number of unbranched alkanes of at least 4 members (excludes halogenated alkanes) is 1. The molecule has 7 heteroatoms. The van der Waals surface area contributed by atoms with Crippen LogP contribution in [-0.4, -0.2) is 41.5 Å². The number of anilines is 1. The van der Waals surface area contributed by atoms with Crippen molar-refractivity contribution in [3.05, 3.63) is 11.8 Å². The van der Waals surface area contributed by atoms with E-state index >= 15 is 0 Å². The molecule has 0 aromatic carbocycles. The number of nitrogen functional groups attached to an aromatic ring is 1. The first kappa shape index (κ1) is 16.7. The molecule has 2 N–H and O–H groups in total. The molecule has 6 nitrogen and oxygen atoms in total. The van der Waals surface area contributed by atoms with E-state index in [1.165, 1.54) is 18.0 Å². The maximum absolute atomic E-state index is 11.5. The highest BCUT2D eigenvalue weighted by atomic mass is 32.2. The lowest BCUT2D eigenvalue weighted by Crippen LogP contribution is -2.10. The van der Waals surface area contributed by atoms with Crippen molar-refractivity contribution < 1.29 is 14.3 Å². The highest BCUT2D eigenvalue weighted by Gasteiger charge is 2.13. The van der Waals surface area contributed by atoms with E-state index in [1.807, 2.05) is 0 Å². The lowest BCUT2D eigenvalue weighted by atomic mass is 10.3. The number of hydrogen-bond acceptors (Lipinski definition) is 7. The summed E-state index contributed by atoms with van der Waals surface area (Å²) in [5.74, 6) is 0.402. The summed E-state index contributed by atoms with van der Waals surface area (Å²) in [6.45, 7) is 5.58. The molecule has 0 saturated carbocycles. The van der Waals surface area contributed by atoms with Crippen molar-refractivity contribution in [3.63, 3.8) is 0 Å². The lowest BCUT2D eigenvalue weighted by molar-refractivity contribution is 0.0526. The van der Waals surface area contributed by atoms with Gasteiger partial charge in [-0.2, -0.15) is 0 Å². The van der Waals surface area contributed by atoms with E-state index < -0.39 is 5.97 Å². The monoisotopic (exact) mass is 299 g/mol. The minimum Gasteiger partial charge on any atom is -0.462 e. The summed E-state index contributed by atoms with van der Waals surface area (Å²) >= 11 is 1.45. The van der Waals surface area contributed by atoms with E-state index in [-0.39, 0.29) is 11.4 Å². The standard InChI is InChI=1S/C13H21N3O3S/c1-3-5-6-18-7-8-20-13-15-9-10(11(14)16-13)12(17)19-4-2/h9H,3-8H2,1-2H3,(H2,14,15,16).